The molecular formula is C12H6F4N2O. The van der Waals surface area contributed by atoms with Crippen molar-refractivity contribution in [3.63, 3.8) is 0 Å². The molecule has 98 valence electrons. The zero-order chi connectivity index (χ0) is 14.0. The minimum Gasteiger partial charge on any atom is -0.296 e. The molecule has 0 atom stereocenters. The van der Waals surface area contributed by atoms with Crippen molar-refractivity contribution < 1.29 is 22.4 Å². The highest BCUT2D eigenvalue weighted by Gasteiger charge is 2.30. The van der Waals surface area contributed by atoms with Crippen LogP contribution in [0.1, 0.15) is 16.1 Å². The van der Waals surface area contributed by atoms with Crippen LogP contribution < -0.4 is 0 Å². The van der Waals surface area contributed by atoms with Gasteiger partial charge in [0.25, 0.3) is 0 Å². The van der Waals surface area contributed by atoms with Crippen molar-refractivity contribution in [3.8, 4) is 11.4 Å². The normalized spacial score (nSPS) is 11.4. The molecule has 0 aliphatic carbocycles. The van der Waals surface area contributed by atoms with E-state index < -0.39 is 23.3 Å². The van der Waals surface area contributed by atoms with Crippen molar-refractivity contribution in [1.29, 1.82) is 0 Å². The number of aldehydes is 1. The Balaban J connectivity index is 2.40. The van der Waals surface area contributed by atoms with Gasteiger partial charge in [0.15, 0.2) is 17.9 Å². The fourth-order valence-electron chi connectivity index (χ4n) is 1.41. The maximum absolute atomic E-state index is 13.0. The molecular weight excluding hydrogens is 264 g/mol. The number of carbonyl (C=O) groups is 1. The first-order chi connectivity index (χ1) is 8.91. The van der Waals surface area contributed by atoms with Gasteiger partial charge in [-0.15, -0.1) is 0 Å². The molecule has 0 fully saturated rings. The topological polar surface area (TPSA) is 42.9 Å². The highest BCUT2D eigenvalue weighted by molar-refractivity contribution is 5.73. The van der Waals surface area contributed by atoms with Crippen LogP contribution in [0.2, 0.25) is 0 Å². The molecule has 0 N–H and O–H groups in total. The lowest BCUT2D eigenvalue weighted by molar-refractivity contribution is -0.137. The number of halogens is 4. The van der Waals surface area contributed by atoms with Crippen LogP contribution in [-0.2, 0) is 6.18 Å². The molecule has 1 aromatic heterocycles. The molecule has 0 unspecified atom stereocenters. The molecule has 0 radical (unpaired) electrons. The number of benzene rings is 1. The molecule has 0 amide bonds. The molecule has 0 spiro atoms. The summed E-state index contributed by atoms with van der Waals surface area (Å²) in [6, 6.07) is 4.04. The van der Waals surface area contributed by atoms with E-state index in [1.807, 2.05) is 0 Å². The summed E-state index contributed by atoms with van der Waals surface area (Å²) in [4.78, 5) is 17.8. The number of rotatable bonds is 2. The third-order valence-electron chi connectivity index (χ3n) is 2.35. The molecule has 0 saturated heterocycles. The molecule has 1 aromatic carbocycles. The summed E-state index contributed by atoms with van der Waals surface area (Å²) in [5.41, 5.74) is -0.991. The summed E-state index contributed by atoms with van der Waals surface area (Å²) in [7, 11) is 0. The molecule has 2 rings (SSSR count). The lowest BCUT2D eigenvalue weighted by atomic mass is 10.1. The molecule has 2 aromatic rings. The van der Waals surface area contributed by atoms with Gasteiger partial charge in [0.05, 0.1) is 11.8 Å². The van der Waals surface area contributed by atoms with Crippen LogP contribution in [0.4, 0.5) is 17.6 Å². The second-order valence-electron chi connectivity index (χ2n) is 3.62. The summed E-state index contributed by atoms with van der Waals surface area (Å²) < 4.78 is 50.1. The summed E-state index contributed by atoms with van der Waals surface area (Å²) in [6.45, 7) is 0. The highest BCUT2D eigenvalue weighted by Crippen LogP contribution is 2.30. The Morgan fingerprint density at radius 2 is 1.74 bits per heavy atom. The van der Waals surface area contributed by atoms with Gasteiger partial charge in [-0.25, -0.2) is 14.4 Å². The minimum absolute atomic E-state index is 0.0165. The Hall–Kier alpha value is -2.31. The van der Waals surface area contributed by atoms with Gasteiger partial charge in [0.2, 0.25) is 0 Å². The first kappa shape index (κ1) is 13.1. The van der Waals surface area contributed by atoms with E-state index >= 15 is 0 Å². The van der Waals surface area contributed by atoms with Gasteiger partial charge in [0, 0.05) is 5.56 Å². The van der Waals surface area contributed by atoms with Gasteiger partial charge in [-0.05, 0) is 12.1 Å². The van der Waals surface area contributed by atoms with Crippen LogP contribution >= 0.6 is 0 Å². The predicted molar refractivity (Wildman–Crippen MR) is 57.8 cm³/mol. The lowest BCUT2D eigenvalue weighted by Gasteiger charge is -2.07. The fourth-order valence-corrected chi connectivity index (χ4v) is 1.41. The summed E-state index contributed by atoms with van der Waals surface area (Å²) in [6.07, 6.45) is -3.43. The number of hydrogen-bond acceptors (Lipinski definition) is 3. The summed E-state index contributed by atoms with van der Waals surface area (Å²) >= 11 is 0. The lowest BCUT2D eigenvalue weighted by Crippen LogP contribution is -2.04. The Morgan fingerprint density at radius 3 is 2.26 bits per heavy atom. The molecule has 0 aliphatic heterocycles. The number of carbonyl (C=O) groups excluding carboxylic acids is 1. The van der Waals surface area contributed by atoms with E-state index in [9.17, 15) is 22.4 Å². The number of hydrogen-bond donors (Lipinski definition) is 0. The smallest absolute Gasteiger partial charge is 0.296 e. The predicted octanol–water partition coefficient (Wildman–Crippen LogP) is 3.11. The van der Waals surface area contributed by atoms with Crippen LogP contribution in [0.25, 0.3) is 11.4 Å². The van der Waals surface area contributed by atoms with E-state index in [0.717, 1.165) is 30.5 Å². The van der Waals surface area contributed by atoms with Crippen molar-refractivity contribution in [3.05, 3.63) is 47.5 Å². The van der Waals surface area contributed by atoms with Crippen LogP contribution in [0.15, 0.2) is 30.5 Å². The molecule has 3 nitrogen and oxygen atoms in total. The van der Waals surface area contributed by atoms with Crippen LogP contribution in [0, 0.1) is 5.82 Å². The van der Waals surface area contributed by atoms with Gasteiger partial charge in [-0.2, -0.15) is 13.2 Å². The zero-order valence-corrected chi connectivity index (χ0v) is 9.28. The third kappa shape index (κ3) is 2.75. The van der Waals surface area contributed by atoms with E-state index in [1.165, 1.54) is 0 Å². The highest BCUT2D eigenvalue weighted by atomic mass is 19.4. The summed E-state index contributed by atoms with van der Waals surface area (Å²) in [5.74, 6) is -0.900. The van der Waals surface area contributed by atoms with Gasteiger partial charge >= 0.3 is 6.18 Å². The monoisotopic (exact) mass is 270 g/mol. The van der Waals surface area contributed by atoms with Crippen molar-refractivity contribution in [2.45, 2.75) is 6.18 Å². The molecule has 0 bridgehead atoms. The maximum atomic E-state index is 13.0. The first-order valence-electron chi connectivity index (χ1n) is 5.07. The minimum atomic E-state index is -4.43. The van der Waals surface area contributed by atoms with Crippen molar-refractivity contribution in [2.75, 3.05) is 0 Å². The van der Waals surface area contributed by atoms with Crippen molar-refractivity contribution in [1.82, 2.24) is 9.97 Å². The summed E-state index contributed by atoms with van der Waals surface area (Å²) in [5, 5.41) is 0. The van der Waals surface area contributed by atoms with E-state index in [-0.39, 0.29) is 17.7 Å². The number of nitrogens with zero attached hydrogens (tertiary/aromatic N) is 2. The van der Waals surface area contributed by atoms with Gasteiger partial charge in [-0.1, -0.05) is 12.1 Å². The Labute approximate surface area is 104 Å². The molecule has 1 heterocycles. The van der Waals surface area contributed by atoms with E-state index in [4.69, 9.17) is 0 Å². The molecule has 7 heteroatoms. The van der Waals surface area contributed by atoms with Gasteiger partial charge in [-0.3, -0.25) is 4.79 Å². The van der Waals surface area contributed by atoms with Crippen molar-refractivity contribution >= 4 is 6.29 Å². The standard InChI is InChI=1S/C12H6F4N2O/c13-9-5-17-11(18-10(9)6-19)7-1-3-8(4-2-7)12(14,15)16/h1-6H. The van der Waals surface area contributed by atoms with E-state index in [2.05, 4.69) is 9.97 Å². The Kier molecular flexibility index (Phi) is 3.28. The third-order valence-corrected chi connectivity index (χ3v) is 2.35. The quantitative estimate of drug-likeness (QED) is 0.622. The van der Waals surface area contributed by atoms with Crippen LogP contribution in [0.3, 0.4) is 0 Å². The second-order valence-corrected chi connectivity index (χ2v) is 3.62. The molecule has 19 heavy (non-hydrogen) atoms. The fraction of sp³-hybridized carbons (Fsp3) is 0.0833. The Bertz CT molecular complexity index is 608. The van der Waals surface area contributed by atoms with Crippen LogP contribution in [-0.4, -0.2) is 16.3 Å². The maximum Gasteiger partial charge on any atom is 0.416 e. The van der Waals surface area contributed by atoms with Crippen LogP contribution in [0.5, 0.6) is 0 Å². The van der Waals surface area contributed by atoms with Crippen molar-refractivity contribution in [2.24, 2.45) is 0 Å². The van der Waals surface area contributed by atoms with Gasteiger partial charge < -0.3 is 0 Å². The number of aromatic nitrogens is 2. The van der Waals surface area contributed by atoms with E-state index in [0.29, 0.717) is 0 Å². The zero-order valence-electron chi connectivity index (χ0n) is 9.28. The molecule has 0 aliphatic rings. The average molecular weight is 270 g/mol. The number of alkyl halides is 3. The Morgan fingerprint density at radius 1 is 1.11 bits per heavy atom. The average Bonchev–Trinajstić information content (AvgIpc) is 2.38. The van der Waals surface area contributed by atoms with Gasteiger partial charge in [0.1, 0.15) is 5.69 Å². The second kappa shape index (κ2) is 4.75. The van der Waals surface area contributed by atoms with E-state index in [1.54, 1.807) is 0 Å². The first-order valence-corrected chi connectivity index (χ1v) is 5.07. The SMILES string of the molecule is O=Cc1nc(-c2ccc(C(F)(F)F)cc2)ncc1F. The largest absolute Gasteiger partial charge is 0.416 e. The molecule has 0 saturated carbocycles.